The van der Waals surface area contributed by atoms with Gasteiger partial charge in [0.25, 0.3) is 0 Å². The van der Waals surface area contributed by atoms with Crippen molar-refractivity contribution < 1.29 is 24.9 Å². The maximum absolute atomic E-state index is 10.2. The molecule has 1 heterocycles. The standard InChI is InChI=1S/C6H10O5/c7-2-4-6(10)3(8)1-5(9)11-4/h2-6,8-10H,1H2. The number of hydrogen-bond acceptors (Lipinski definition) is 5. The molecule has 5 nitrogen and oxygen atoms in total. The molecule has 1 rings (SSSR count). The summed E-state index contributed by atoms with van der Waals surface area (Å²) in [5.41, 5.74) is 0. The van der Waals surface area contributed by atoms with Crippen LogP contribution < -0.4 is 0 Å². The summed E-state index contributed by atoms with van der Waals surface area (Å²) in [4.78, 5) is 10.2. The van der Waals surface area contributed by atoms with Crippen LogP contribution in [-0.4, -0.2) is 46.2 Å². The minimum absolute atomic E-state index is 0.0640. The largest absolute Gasteiger partial charge is 0.390 e. The fourth-order valence-electron chi connectivity index (χ4n) is 0.995. The summed E-state index contributed by atoms with van der Waals surface area (Å²) in [6.45, 7) is 0. The first kappa shape index (κ1) is 8.61. The lowest BCUT2D eigenvalue weighted by atomic mass is 10.0. The molecule has 5 heteroatoms. The second kappa shape index (κ2) is 3.27. The number of hydrogen-bond donors (Lipinski definition) is 3. The van der Waals surface area contributed by atoms with Crippen molar-refractivity contribution in [3.63, 3.8) is 0 Å². The van der Waals surface area contributed by atoms with Crippen molar-refractivity contribution in [2.45, 2.75) is 31.0 Å². The number of carbonyl (C=O) groups excluding carboxylic acids is 1. The van der Waals surface area contributed by atoms with E-state index in [4.69, 9.17) is 15.3 Å². The van der Waals surface area contributed by atoms with Crippen LogP contribution in [0.3, 0.4) is 0 Å². The van der Waals surface area contributed by atoms with E-state index in [0.717, 1.165) is 0 Å². The van der Waals surface area contributed by atoms with Gasteiger partial charge in [0, 0.05) is 6.42 Å². The van der Waals surface area contributed by atoms with Crippen molar-refractivity contribution in [2.75, 3.05) is 0 Å². The molecule has 1 saturated heterocycles. The Morgan fingerprint density at radius 2 is 2.00 bits per heavy atom. The van der Waals surface area contributed by atoms with Gasteiger partial charge in [-0.25, -0.2) is 0 Å². The summed E-state index contributed by atoms with van der Waals surface area (Å²) in [6, 6.07) is 0. The molecule has 1 aliphatic rings. The van der Waals surface area contributed by atoms with E-state index >= 15 is 0 Å². The van der Waals surface area contributed by atoms with E-state index in [9.17, 15) is 4.79 Å². The highest BCUT2D eigenvalue weighted by Crippen LogP contribution is 2.17. The maximum Gasteiger partial charge on any atom is 0.158 e. The Kier molecular flexibility index (Phi) is 2.56. The maximum atomic E-state index is 10.2. The van der Waals surface area contributed by atoms with Crippen LogP contribution in [0.2, 0.25) is 0 Å². The number of rotatable bonds is 1. The van der Waals surface area contributed by atoms with E-state index in [1.165, 1.54) is 0 Å². The molecule has 1 fully saturated rings. The summed E-state index contributed by atoms with van der Waals surface area (Å²) in [5.74, 6) is 0. The highest BCUT2D eigenvalue weighted by atomic mass is 16.6. The van der Waals surface area contributed by atoms with Crippen molar-refractivity contribution in [3.8, 4) is 0 Å². The average molecular weight is 162 g/mol. The Morgan fingerprint density at radius 1 is 1.36 bits per heavy atom. The fraction of sp³-hybridized carbons (Fsp3) is 0.833. The molecule has 11 heavy (non-hydrogen) atoms. The van der Waals surface area contributed by atoms with E-state index in [0.29, 0.717) is 6.29 Å². The third-order valence-electron chi connectivity index (χ3n) is 1.62. The number of aldehydes is 1. The molecule has 0 saturated carbocycles. The second-order valence-electron chi connectivity index (χ2n) is 2.49. The normalized spacial score (nSPS) is 45.4. The number of aliphatic hydroxyl groups is 3. The van der Waals surface area contributed by atoms with Gasteiger partial charge < -0.3 is 24.9 Å². The Hall–Kier alpha value is -0.490. The average Bonchev–Trinajstić information content (AvgIpc) is 1.96. The molecule has 4 atom stereocenters. The van der Waals surface area contributed by atoms with E-state index in [2.05, 4.69) is 4.74 Å². The SMILES string of the molecule is O=CC1OC(O)CC(O)C1O. The molecule has 0 aromatic rings. The Morgan fingerprint density at radius 3 is 2.55 bits per heavy atom. The Balaban J connectivity index is 2.58. The van der Waals surface area contributed by atoms with E-state index in [1.807, 2.05) is 0 Å². The van der Waals surface area contributed by atoms with Crippen molar-refractivity contribution in [1.82, 2.24) is 0 Å². The molecule has 0 amide bonds. The summed E-state index contributed by atoms with van der Waals surface area (Å²) >= 11 is 0. The van der Waals surface area contributed by atoms with Gasteiger partial charge in [-0.05, 0) is 0 Å². The highest BCUT2D eigenvalue weighted by molar-refractivity contribution is 5.57. The third-order valence-corrected chi connectivity index (χ3v) is 1.62. The quantitative estimate of drug-likeness (QED) is 0.389. The number of ether oxygens (including phenoxy) is 1. The van der Waals surface area contributed by atoms with E-state index < -0.39 is 24.6 Å². The van der Waals surface area contributed by atoms with Gasteiger partial charge in [-0.15, -0.1) is 0 Å². The van der Waals surface area contributed by atoms with Crippen molar-refractivity contribution >= 4 is 6.29 Å². The van der Waals surface area contributed by atoms with Crippen molar-refractivity contribution in [1.29, 1.82) is 0 Å². The molecule has 64 valence electrons. The summed E-state index contributed by atoms with van der Waals surface area (Å²) in [6.07, 6.45) is -4.30. The third kappa shape index (κ3) is 1.75. The molecule has 1 aliphatic heterocycles. The Labute approximate surface area is 63.2 Å². The molecule has 0 aromatic carbocycles. The van der Waals surface area contributed by atoms with Gasteiger partial charge in [0.1, 0.15) is 12.2 Å². The molecule has 0 bridgehead atoms. The zero-order chi connectivity index (χ0) is 8.43. The zero-order valence-corrected chi connectivity index (χ0v) is 5.75. The first-order chi connectivity index (χ1) is 5.15. The summed E-state index contributed by atoms with van der Waals surface area (Å²) in [5, 5.41) is 26.9. The van der Waals surface area contributed by atoms with Gasteiger partial charge in [-0.3, -0.25) is 0 Å². The van der Waals surface area contributed by atoms with Crippen LogP contribution >= 0.6 is 0 Å². The lowest BCUT2D eigenvalue weighted by Gasteiger charge is -2.31. The minimum atomic E-state index is -1.23. The minimum Gasteiger partial charge on any atom is -0.390 e. The van der Waals surface area contributed by atoms with Crippen LogP contribution in [0.4, 0.5) is 0 Å². The fourth-order valence-corrected chi connectivity index (χ4v) is 0.995. The Bertz CT molecular complexity index is 148. The van der Waals surface area contributed by atoms with Crippen molar-refractivity contribution in [2.24, 2.45) is 0 Å². The monoisotopic (exact) mass is 162 g/mol. The highest BCUT2D eigenvalue weighted by Gasteiger charge is 2.35. The molecule has 0 aromatic heterocycles. The number of carbonyl (C=O) groups is 1. The molecule has 0 radical (unpaired) electrons. The van der Waals surface area contributed by atoms with Crippen LogP contribution in [0.5, 0.6) is 0 Å². The van der Waals surface area contributed by atoms with Gasteiger partial charge in [0.05, 0.1) is 6.10 Å². The van der Waals surface area contributed by atoms with Gasteiger partial charge in [0.15, 0.2) is 12.6 Å². The van der Waals surface area contributed by atoms with E-state index in [1.54, 1.807) is 0 Å². The molecule has 3 N–H and O–H groups in total. The number of aliphatic hydroxyl groups excluding tert-OH is 3. The second-order valence-corrected chi connectivity index (χ2v) is 2.49. The predicted molar refractivity (Wildman–Crippen MR) is 33.6 cm³/mol. The van der Waals surface area contributed by atoms with E-state index in [-0.39, 0.29) is 6.42 Å². The van der Waals surface area contributed by atoms with Crippen LogP contribution in [-0.2, 0) is 9.53 Å². The first-order valence-electron chi connectivity index (χ1n) is 3.30. The molecular weight excluding hydrogens is 152 g/mol. The van der Waals surface area contributed by atoms with Crippen LogP contribution in [0, 0.1) is 0 Å². The zero-order valence-electron chi connectivity index (χ0n) is 5.75. The molecule has 0 spiro atoms. The van der Waals surface area contributed by atoms with Gasteiger partial charge in [0.2, 0.25) is 0 Å². The summed E-state index contributed by atoms with van der Waals surface area (Å²) < 4.78 is 4.60. The molecular formula is C6H10O5. The van der Waals surface area contributed by atoms with Crippen LogP contribution in [0.25, 0.3) is 0 Å². The lowest BCUT2D eigenvalue weighted by Crippen LogP contribution is -2.48. The first-order valence-corrected chi connectivity index (χ1v) is 3.30. The van der Waals surface area contributed by atoms with Gasteiger partial charge >= 0.3 is 0 Å². The van der Waals surface area contributed by atoms with Crippen molar-refractivity contribution in [3.05, 3.63) is 0 Å². The molecule has 4 unspecified atom stereocenters. The lowest BCUT2D eigenvalue weighted by molar-refractivity contribution is -0.223. The summed E-state index contributed by atoms with van der Waals surface area (Å²) in [7, 11) is 0. The van der Waals surface area contributed by atoms with Crippen LogP contribution in [0.15, 0.2) is 0 Å². The predicted octanol–water partition coefficient (Wildman–Crippen LogP) is -1.99. The van der Waals surface area contributed by atoms with Crippen LogP contribution in [0.1, 0.15) is 6.42 Å². The van der Waals surface area contributed by atoms with Gasteiger partial charge in [-0.1, -0.05) is 0 Å². The van der Waals surface area contributed by atoms with Gasteiger partial charge in [-0.2, -0.15) is 0 Å². The molecule has 0 aliphatic carbocycles. The smallest absolute Gasteiger partial charge is 0.158 e. The topological polar surface area (TPSA) is 87.0 Å².